The number of nitrogens with one attached hydrogen (secondary N) is 1. The molecular weight excluding hydrogens is 514 g/mol. The fraction of sp³-hybridized carbons (Fsp3) is 0.333. The van der Waals surface area contributed by atoms with Gasteiger partial charge < -0.3 is 15.2 Å². The molecule has 0 radical (unpaired) electrons. The zero-order valence-electron chi connectivity index (χ0n) is 21.6. The summed E-state index contributed by atoms with van der Waals surface area (Å²) >= 11 is 0. The van der Waals surface area contributed by atoms with E-state index in [1.54, 1.807) is 12.1 Å². The van der Waals surface area contributed by atoms with Crippen molar-refractivity contribution in [1.29, 1.82) is 0 Å². The van der Waals surface area contributed by atoms with Crippen LogP contribution in [0.5, 0.6) is 5.75 Å². The first-order valence-corrected chi connectivity index (χ1v) is 12.8. The number of amides is 1. The SMILES string of the molecule is CCCCCC[C@@H](Oc1ccc(C(=O)NCCC(=O)O)cc1F)c1ccc(-c2ccc(C(F)(F)F)cc2)cc1. The van der Waals surface area contributed by atoms with Gasteiger partial charge in [0.05, 0.1) is 12.0 Å². The lowest BCUT2D eigenvalue weighted by Crippen LogP contribution is -2.26. The molecule has 0 saturated heterocycles. The van der Waals surface area contributed by atoms with E-state index in [1.807, 2.05) is 12.1 Å². The highest BCUT2D eigenvalue weighted by molar-refractivity contribution is 5.94. The molecule has 0 heterocycles. The molecule has 0 aliphatic heterocycles. The van der Waals surface area contributed by atoms with E-state index in [4.69, 9.17) is 9.84 Å². The van der Waals surface area contributed by atoms with Gasteiger partial charge in [-0.05, 0) is 59.9 Å². The van der Waals surface area contributed by atoms with E-state index in [9.17, 15) is 27.2 Å². The molecule has 0 unspecified atom stereocenters. The van der Waals surface area contributed by atoms with Gasteiger partial charge in [-0.3, -0.25) is 9.59 Å². The maximum absolute atomic E-state index is 14.9. The fourth-order valence-electron chi connectivity index (χ4n) is 4.07. The molecule has 3 aromatic carbocycles. The highest BCUT2D eigenvalue weighted by Gasteiger charge is 2.30. The number of carbonyl (C=O) groups excluding carboxylic acids is 1. The summed E-state index contributed by atoms with van der Waals surface area (Å²) in [6, 6.07) is 16.0. The van der Waals surface area contributed by atoms with Crippen LogP contribution in [-0.4, -0.2) is 23.5 Å². The van der Waals surface area contributed by atoms with Gasteiger partial charge in [0.2, 0.25) is 0 Å². The van der Waals surface area contributed by atoms with E-state index in [-0.39, 0.29) is 24.3 Å². The normalized spacial score (nSPS) is 12.1. The van der Waals surface area contributed by atoms with Gasteiger partial charge >= 0.3 is 12.1 Å². The van der Waals surface area contributed by atoms with E-state index in [1.165, 1.54) is 24.3 Å². The van der Waals surface area contributed by atoms with Crippen LogP contribution in [0.3, 0.4) is 0 Å². The van der Waals surface area contributed by atoms with E-state index in [0.29, 0.717) is 12.0 Å². The third-order valence-electron chi connectivity index (χ3n) is 6.24. The lowest BCUT2D eigenvalue weighted by atomic mass is 9.98. The van der Waals surface area contributed by atoms with Crippen molar-refractivity contribution < 1.29 is 37.0 Å². The Morgan fingerprint density at radius 1 is 0.923 bits per heavy atom. The lowest BCUT2D eigenvalue weighted by molar-refractivity contribution is -0.138. The summed E-state index contributed by atoms with van der Waals surface area (Å²) in [7, 11) is 0. The first-order chi connectivity index (χ1) is 18.6. The van der Waals surface area contributed by atoms with Gasteiger partial charge in [0, 0.05) is 12.1 Å². The maximum Gasteiger partial charge on any atom is 0.416 e. The Morgan fingerprint density at radius 2 is 1.56 bits per heavy atom. The van der Waals surface area contributed by atoms with Crippen molar-refractivity contribution in [3.63, 3.8) is 0 Å². The minimum Gasteiger partial charge on any atom is -0.483 e. The third kappa shape index (κ3) is 8.84. The molecular formula is C30H31F4NO4. The molecule has 0 fully saturated rings. The summed E-state index contributed by atoms with van der Waals surface area (Å²) in [6.45, 7) is 2.03. The van der Waals surface area contributed by atoms with Gasteiger partial charge in [-0.2, -0.15) is 13.2 Å². The first-order valence-electron chi connectivity index (χ1n) is 12.8. The predicted octanol–water partition coefficient (Wildman–Crippen LogP) is 7.81. The molecule has 0 aliphatic rings. The van der Waals surface area contributed by atoms with E-state index < -0.39 is 35.5 Å². The molecule has 0 spiro atoms. The number of halogens is 4. The van der Waals surface area contributed by atoms with Crippen LogP contribution in [0, 0.1) is 5.82 Å². The monoisotopic (exact) mass is 545 g/mol. The highest BCUT2D eigenvalue weighted by Crippen LogP contribution is 2.33. The molecule has 3 rings (SSSR count). The Bertz CT molecular complexity index is 1240. The van der Waals surface area contributed by atoms with Crippen molar-refractivity contribution in [3.05, 3.63) is 89.2 Å². The molecule has 0 aliphatic carbocycles. The molecule has 0 aromatic heterocycles. The standard InChI is InChI=1S/C30H31F4NO4/c1-2-3-4-5-6-26(39-27-16-13-23(19-25(27)31)29(38)35-18-17-28(36)37)22-9-7-20(8-10-22)21-11-14-24(15-12-21)30(32,33)34/h7-16,19,26H,2-6,17-18H2,1H3,(H,35,38)(H,36,37)/t26-/m1/s1. The fourth-order valence-corrected chi connectivity index (χ4v) is 4.07. The Hall–Kier alpha value is -3.88. The largest absolute Gasteiger partial charge is 0.483 e. The molecule has 0 bridgehead atoms. The molecule has 39 heavy (non-hydrogen) atoms. The van der Waals surface area contributed by atoms with Gasteiger partial charge in [0.25, 0.3) is 5.91 Å². The molecule has 1 amide bonds. The highest BCUT2D eigenvalue weighted by atomic mass is 19.4. The van der Waals surface area contributed by atoms with Crippen LogP contribution >= 0.6 is 0 Å². The quantitative estimate of drug-likeness (QED) is 0.170. The Kier molecular flexibility index (Phi) is 10.5. The summed E-state index contributed by atoms with van der Waals surface area (Å²) in [5, 5.41) is 11.1. The van der Waals surface area contributed by atoms with E-state index in [2.05, 4.69) is 12.2 Å². The smallest absolute Gasteiger partial charge is 0.416 e. The number of carbonyl (C=O) groups is 2. The second-order valence-electron chi connectivity index (χ2n) is 9.20. The average molecular weight is 546 g/mol. The van der Waals surface area contributed by atoms with Crippen LogP contribution < -0.4 is 10.1 Å². The summed E-state index contributed by atoms with van der Waals surface area (Å²) in [6.07, 6.45) is -0.556. The average Bonchev–Trinajstić information content (AvgIpc) is 2.90. The molecule has 2 N–H and O–H groups in total. The van der Waals surface area contributed by atoms with E-state index >= 15 is 0 Å². The predicted molar refractivity (Wildman–Crippen MR) is 140 cm³/mol. The number of aliphatic carboxylic acids is 1. The molecule has 0 saturated carbocycles. The maximum atomic E-state index is 14.9. The van der Waals surface area contributed by atoms with Crippen LogP contribution in [0.2, 0.25) is 0 Å². The summed E-state index contributed by atoms with van der Waals surface area (Å²) in [5.41, 5.74) is 1.50. The Balaban J connectivity index is 1.76. The molecule has 3 aromatic rings. The minimum atomic E-state index is -4.40. The number of ether oxygens (including phenoxy) is 1. The second-order valence-corrected chi connectivity index (χ2v) is 9.20. The minimum absolute atomic E-state index is 0.0237. The zero-order valence-corrected chi connectivity index (χ0v) is 21.6. The van der Waals surface area contributed by atoms with Crippen molar-refractivity contribution in [1.82, 2.24) is 5.32 Å². The van der Waals surface area contributed by atoms with Crippen LogP contribution in [0.25, 0.3) is 11.1 Å². The van der Waals surface area contributed by atoms with Crippen molar-refractivity contribution in [3.8, 4) is 16.9 Å². The van der Waals surface area contributed by atoms with Crippen LogP contribution in [-0.2, 0) is 11.0 Å². The van der Waals surface area contributed by atoms with Gasteiger partial charge in [-0.25, -0.2) is 4.39 Å². The van der Waals surface area contributed by atoms with Gasteiger partial charge in [0.1, 0.15) is 6.10 Å². The number of rotatable bonds is 13. The van der Waals surface area contributed by atoms with Crippen LogP contribution in [0.15, 0.2) is 66.7 Å². The molecule has 208 valence electrons. The molecule has 9 heteroatoms. The summed E-state index contributed by atoms with van der Waals surface area (Å²) in [4.78, 5) is 22.8. The number of carboxylic acids is 1. The van der Waals surface area contributed by atoms with Crippen molar-refractivity contribution in [2.45, 2.75) is 57.7 Å². The second kappa shape index (κ2) is 13.8. The van der Waals surface area contributed by atoms with Gasteiger partial charge in [-0.1, -0.05) is 62.6 Å². The van der Waals surface area contributed by atoms with Crippen LogP contribution in [0.4, 0.5) is 17.6 Å². The summed E-state index contributed by atoms with van der Waals surface area (Å²) in [5.74, 6) is -2.38. The van der Waals surface area contributed by atoms with E-state index in [0.717, 1.165) is 55.0 Å². The molecule has 5 nitrogen and oxygen atoms in total. The third-order valence-corrected chi connectivity index (χ3v) is 6.24. The van der Waals surface area contributed by atoms with Gasteiger partial charge in [0.15, 0.2) is 11.6 Å². The van der Waals surface area contributed by atoms with Crippen LogP contribution in [0.1, 0.15) is 73.0 Å². The first kappa shape index (κ1) is 29.7. The number of alkyl halides is 3. The number of unbranched alkanes of at least 4 members (excludes halogenated alkanes) is 3. The number of carboxylic acid groups (broad SMARTS) is 1. The summed E-state index contributed by atoms with van der Waals surface area (Å²) < 4.78 is 59.6. The Labute approximate surface area is 224 Å². The van der Waals surface area contributed by atoms with Crippen molar-refractivity contribution in [2.24, 2.45) is 0 Å². The van der Waals surface area contributed by atoms with Crippen molar-refractivity contribution >= 4 is 11.9 Å². The topological polar surface area (TPSA) is 75.6 Å². The van der Waals surface area contributed by atoms with Crippen molar-refractivity contribution in [2.75, 3.05) is 6.54 Å². The van der Waals surface area contributed by atoms with Gasteiger partial charge in [-0.15, -0.1) is 0 Å². The zero-order chi connectivity index (χ0) is 28.4. The number of hydrogen-bond donors (Lipinski definition) is 2. The molecule has 1 atom stereocenters. The number of hydrogen-bond acceptors (Lipinski definition) is 3. The lowest BCUT2D eigenvalue weighted by Gasteiger charge is -2.21. The Morgan fingerprint density at radius 3 is 2.13 bits per heavy atom. The number of benzene rings is 3.